The van der Waals surface area contributed by atoms with Crippen molar-refractivity contribution in [2.75, 3.05) is 5.32 Å². The number of nitrogens with zero attached hydrogens (tertiary/aromatic N) is 3. The van der Waals surface area contributed by atoms with Crippen LogP contribution < -0.4 is 5.32 Å². The Labute approximate surface area is 142 Å². The van der Waals surface area contributed by atoms with E-state index in [-0.39, 0.29) is 0 Å². The minimum absolute atomic E-state index is 0.790. The average molecular weight is 344 g/mol. The van der Waals surface area contributed by atoms with Gasteiger partial charge in [-0.15, -0.1) is 10.2 Å². The SMILES string of the molecule is c1ccc(Nc2nnc(SCc3noc4c3CCCC4)s2)cc1. The van der Waals surface area contributed by atoms with Gasteiger partial charge in [-0.3, -0.25) is 0 Å². The van der Waals surface area contributed by atoms with Crippen molar-refractivity contribution in [2.24, 2.45) is 0 Å². The molecule has 0 radical (unpaired) electrons. The standard InChI is InChI=1S/C16H16N4OS2/c1-2-6-11(7-3-1)17-15-18-19-16(23-15)22-10-13-12-8-4-5-9-14(12)21-20-13/h1-3,6-7H,4-5,8-10H2,(H,17,18). The fourth-order valence-corrected chi connectivity index (χ4v) is 4.39. The number of thioether (sulfide) groups is 1. The first-order chi connectivity index (χ1) is 11.4. The monoisotopic (exact) mass is 344 g/mol. The summed E-state index contributed by atoms with van der Waals surface area (Å²) in [7, 11) is 0. The number of fused-ring (bicyclic) bond motifs is 1. The van der Waals surface area contributed by atoms with E-state index in [1.54, 1.807) is 23.1 Å². The fraction of sp³-hybridized carbons (Fsp3) is 0.312. The molecule has 2 heterocycles. The largest absolute Gasteiger partial charge is 0.361 e. The van der Waals surface area contributed by atoms with Crippen LogP contribution in [0.25, 0.3) is 0 Å². The van der Waals surface area contributed by atoms with E-state index in [0.29, 0.717) is 0 Å². The van der Waals surface area contributed by atoms with Gasteiger partial charge in [-0.25, -0.2) is 0 Å². The molecule has 1 aliphatic carbocycles. The van der Waals surface area contributed by atoms with Crippen LogP contribution in [0.15, 0.2) is 39.2 Å². The minimum Gasteiger partial charge on any atom is -0.361 e. The smallest absolute Gasteiger partial charge is 0.210 e. The van der Waals surface area contributed by atoms with Gasteiger partial charge in [0, 0.05) is 23.4 Å². The molecule has 1 aliphatic rings. The molecule has 1 aromatic carbocycles. The van der Waals surface area contributed by atoms with E-state index in [1.165, 1.54) is 18.4 Å². The van der Waals surface area contributed by atoms with E-state index in [0.717, 1.165) is 45.2 Å². The van der Waals surface area contributed by atoms with Gasteiger partial charge in [-0.1, -0.05) is 46.5 Å². The highest BCUT2D eigenvalue weighted by molar-refractivity contribution is 8.00. The molecule has 3 aromatic rings. The zero-order valence-electron chi connectivity index (χ0n) is 12.5. The summed E-state index contributed by atoms with van der Waals surface area (Å²) in [5.41, 5.74) is 3.40. The molecule has 0 spiro atoms. The van der Waals surface area contributed by atoms with Crippen LogP contribution in [0.5, 0.6) is 0 Å². The zero-order chi connectivity index (χ0) is 15.5. The van der Waals surface area contributed by atoms with Crippen LogP contribution in [-0.2, 0) is 18.6 Å². The Balaban J connectivity index is 1.39. The van der Waals surface area contributed by atoms with Gasteiger partial charge in [0.15, 0.2) is 4.34 Å². The van der Waals surface area contributed by atoms with E-state index >= 15 is 0 Å². The van der Waals surface area contributed by atoms with Crippen molar-refractivity contribution in [2.45, 2.75) is 35.8 Å². The van der Waals surface area contributed by atoms with Gasteiger partial charge in [0.1, 0.15) is 5.76 Å². The lowest BCUT2D eigenvalue weighted by molar-refractivity contribution is 0.369. The van der Waals surface area contributed by atoms with Crippen molar-refractivity contribution in [3.05, 3.63) is 47.3 Å². The highest BCUT2D eigenvalue weighted by Gasteiger charge is 2.19. The maximum absolute atomic E-state index is 5.45. The number of anilines is 2. The number of hydrogen-bond acceptors (Lipinski definition) is 7. The molecule has 0 saturated heterocycles. The zero-order valence-corrected chi connectivity index (χ0v) is 14.1. The van der Waals surface area contributed by atoms with Crippen LogP contribution in [0.2, 0.25) is 0 Å². The number of benzene rings is 1. The van der Waals surface area contributed by atoms with Crippen molar-refractivity contribution in [1.29, 1.82) is 0 Å². The van der Waals surface area contributed by atoms with Gasteiger partial charge in [0.25, 0.3) is 0 Å². The van der Waals surface area contributed by atoms with Crippen molar-refractivity contribution in [3.63, 3.8) is 0 Å². The summed E-state index contributed by atoms with van der Waals surface area (Å²) >= 11 is 3.22. The molecule has 2 aromatic heterocycles. The summed E-state index contributed by atoms with van der Waals surface area (Å²) in [6.45, 7) is 0. The van der Waals surface area contributed by atoms with Crippen molar-refractivity contribution in [3.8, 4) is 0 Å². The molecule has 118 valence electrons. The predicted molar refractivity (Wildman–Crippen MR) is 92.3 cm³/mol. The summed E-state index contributed by atoms with van der Waals surface area (Å²) in [6.07, 6.45) is 4.55. The minimum atomic E-state index is 0.790. The number of rotatable bonds is 5. The van der Waals surface area contributed by atoms with E-state index in [1.807, 2.05) is 30.3 Å². The van der Waals surface area contributed by atoms with Crippen LogP contribution in [0.1, 0.15) is 29.9 Å². The molecule has 0 fully saturated rings. The molecule has 0 atom stereocenters. The normalized spacial score (nSPS) is 13.7. The first-order valence-electron chi connectivity index (χ1n) is 7.63. The third-order valence-electron chi connectivity index (χ3n) is 3.80. The van der Waals surface area contributed by atoms with Gasteiger partial charge in [0.2, 0.25) is 5.13 Å². The molecule has 4 rings (SSSR count). The molecule has 23 heavy (non-hydrogen) atoms. The molecule has 0 unspecified atom stereocenters. The molecule has 0 bridgehead atoms. The molecule has 0 amide bonds. The number of hydrogen-bond donors (Lipinski definition) is 1. The molecule has 5 nitrogen and oxygen atoms in total. The molecule has 0 saturated carbocycles. The summed E-state index contributed by atoms with van der Waals surface area (Å²) in [6, 6.07) is 10.00. The predicted octanol–water partition coefficient (Wildman–Crippen LogP) is 4.44. The summed E-state index contributed by atoms with van der Waals surface area (Å²) < 4.78 is 6.39. The second-order valence-corrected chi connectivity index (χ2v) is 7.59. The Morgan fingerprint density at radius 2 is 2.00 bits per heavy atom. The molecule has 7 heteroatoms. The van der Waals surface area contributed by atoms with E-state index in [4.69, 9.17) is 4.52 Å². The molecular weight excluding hydrogens is 328 g/mol. The second kappa shape index (κ2) is 6.72. The summed E-state index contributed by atoms with van der Waals surface area (Å²) in [5, 5.41) is 16.7. The van der Waals surface area contributed by atoms with Crippen LogP contribution in [0, 0.1) is 0 Å². The highest BCUT2D eigenvalue weighted by Crippen LogP contribution is 2.32. The first-order valence-corrected chi connectivity index (χ1v) is 9.43. The second-order valence-electron chi connectivity index (χ2n) is 5.39. The Kier molecular flexibility index (Phi) is 4.30. The number of nitrogens with one attached hydrogen (secondary N) is 1. The van der Waals surface area contributed by atoms with Crippen LogP contribution in [0.3, 0.4) is 0 Å². The summed E-state index contributed by atoms with van der Waals surface area (Å²) in [4.78, 5) is 0. The van der Waals surface area contributed by atoms with E-state index < -0.39 is 0 Å². The molecule has 1 N–H and O–H groups in total. The van der Waals surface area contributed by atoms with E-state index in [2.05, 4.69) is 20.7 Å². The van der Waals surface area contributed by atoms with Crippen LogP contribution >= 0.6 is 23.1 Å². The lowest BCUT2D eigenvalue weighted by Crippen LogP contribution is -2.01. The van der Waals surface area contributed by atoms with Crippen molar-refractivity contribution in [1.82, 2.24) is 15.4 Å². The Bertz CT molecular complexity index is 784. The quantitative estimate of drug-likeness (QED) is 0.690. The van der Waals surface area contributed by atoms with Crippen molar-refractivity contribution >= 4 is 33.9 Å². The lowest BCUT2D eigenvalue weighted by Gasteiger charge is -2.08. The topological polar surface area (TPSA) is 63.8 Å². The maximum Gasteiger partial charge on any atom is 0.210 e. The first kappa shape index (κ1) is 14.7. The maximum atomic E-state index is 5.45. The van der Waals surface area contributed by atoms with Gasteiger partial charge in [-0.2, -0.15) is 0 Å². The third kappa shape index (κ3) is 3.40. The third-order valence-corrected chi connectivity index (χ3v) is 5.78. The number of aromatic nitrogens is 3. The van der Waals surface area contributed by atoms with Crippen LogP contribution in [-0.4, -0.2) is 15.4 Å². The summed E-state index contributed by atoms with van der Waals surface area (Å²) in [5.74, 6) is 1.87. The van der Waals surface area contributed by atoms with Crippen LogP contribution in [0.4, 0.5) is 10.8 Å². The average Bonchev–Trinajstić information content (AvgIpc) is 3.21. The van der Waals surface area contributed by atoms with Crippen molar-refractivity contribution < 1.29 is 4.52 Å². The van der Waals surface area contributed by atoms with Gasteiger partial charge >= 0.3 is 0 Å². The Morgan fingerprint density at radius 1 is 1.13 bits per heavy atom. The lowest BCUT2D eigenvalue weighted by atomic mass is 9.97. The van der Waals surface area contributed by atoms with Gasteiger partial charge in [0.05, 0.1) is 5.69 Å². The Hall–Kier alpha value is -1.86. The molecule has 0 aliphatic heterocycles. The van der Waals surface area contributed by atoms with E-state index in [9.17, 15) is 0 Å². The highest BCUT2D eigenvalue weighted by atomic mass is 32.2. The van der Waals surface area contributed by atoms with Gasteiger partial charge < -0.3 is 9.84 Å². The number of aryl methyl sites for hydroxylation is 1. The van der Waals surface area contributed by atoms with Gasteiger partial charge in [-0.05, 0) is 31.4 Å². The Morgan fingerprint density at radius 3 is 2.91 bits per heavy atom. The fourth-order valence-electron chi connectivity index (χ4n) is 2.66. The molecular formula is C16H16N4OS2. The number of para-hydroxylation sites is 1.